The number of nitrogens with zero attached hydrogens (tertiary/aromatic N) is 2. The fourth-order valence-corrected chi connectivity index (χ4v) is 4.06. The van der Waals surface area contributed by atoms with Gasteiger partial charge in [0.15, 0.2) is 0 Å². The van der Waals surface area contributed by atoms with Crippen molar-refractivity contribution in [2.45, 2.75) is 44.9 Å². The van der Waals surface area contributed by atoms with E-state index in [0.29, 0.717) is 38.1 Å². The molecule has 3 aromatic carbocycles. The van der Waals surface area contributed by atoms with Gasteiger partial charge in [0.25, 0.3) is 0 Å². The van der Waals surface area contributed by atoms with Crippen LogP contribution in [0.4, 0.5) is 9.59 Å². The predicted molar refractivity (Wildman–Crippen MR) is 154 cm³/mol. The number of hydrogen-bond acceptors (Lipinski definition) is 9. The summed E-state index contributed by atoms with van der Waals surface area (Å²) in [6, 6.07) is 24.7. The number of Topliss-reactive ketones (excluding diaryl/α,β-unsaturated/α-hetero) is 1. The quantitative estimate of drug-likeness (QED) is 0.146. The minimum Gasteiger partial charge on any atom is -0.445 e. The molecule has 42 heavy (non-hydrogen) atoms. The van der Waals surface area contributed by atoms with Gasteiger partial charge in [-0.25, -0.2) is 9.59 Å². The summed E-state index contributed by atoms with van der Waals surface area (Å²) in [4.78, 5) is 42.1. The van der Waals surface area contributed by atoms with Crippen molar-refractivity contribution in [3.8, 4) is 5.75 Å². The summed E-state index contributed by atoms with van der Waals surface area (Å²) < 4.78 is 16.0. The van der Waals surface area contributed by atoms with Crippen LogP contribution in [0.25, 0.3) is 0 Å². The average molecular weight is 572 g/mol. The fourth-order valence-electron chi connectivity index (χ4n) is 4.06. The second kappa shape index (κ2) is 15.7. The van der Waals surface area contributed by atoms with Crippen molar-refractivity contribution in [2.24, 2.45) is 5.73 Å². The standard InChI is InChI=1S/C31H33N5O6/c32-17-8-7-16-26(34-31(39)40-21-23-12-5-2-6-13-23)28(37)29-35-27(42-36-29)19-24-14-9-15-25(18-24)41-30(38)33-20-22-10-3-1-4-11-22/h1-6,9-15,18,26H,7-8,16-17,19-21,32H2,(H,33,38)(H,34,39). The van der Waals surface area contributed by atoms with Crippen molar-refractivity contribution in [2.75, 3.05) is 6.54 Å². The van der Waals surface area contributed by atoms with Gasteiger partial charge in [0.05, 0.1) is 12.5 Å². The number of benzene rings is 3. The molecule has 0 aliphatic carbocycles. The number of ketones is 1. The fraction of sp³-hybridized carbons (Fsp3) is 0.258. The highest BCUT2D eigenvalue weighted by molar-refractivity contribution is 5.98. The Kier molecular flexibility index (Phi) is 11.2. The smallest absolute Gasteiger partial charge is 0.412 e. The Morgan fingerprint density at radius 2 is 1.57 bits per heavy atom. The first-order valence-electron chi connectivity index (χ1n) is 13.6. The van der Waals surface area contributed by atoms with Gasteiger partial charge in [-0.05, 0) is 54.6 Å². The third-order valence-electron chi connectivity index (χ3n) is 6.20. The van der Waals surface area contributed by atoms with Gasteiger partial charge >= 0.3 is 12.2 Å². The molecule has 0 aliphatic heterocycles. The van der Waals surface area contributed by atoms with Gasteiger partial charge < -0.3 is 30.4 Å². The molecule has 4 N–H and O–H groups in total. The van der Waals surface area contributed by atoms with Crippen LogP contribution in [0.5, 0.6) is 5.75 Å². The van der Waals surface area contributed by atoms with Gasteiger partial charge in [-0.2, -0.15) is 4.98 Å². The van der Waals surface area contributed by atoms with Crippen molar-refractivity contribution >= 4 is 18.0 Å². The Bertz CT molecular complexity index is 1440. The van der Waals surface area contributed by atoms with Crippen LogP contribution >= 0.6 is 0 Å². The molecule has 0 fully saturated rings. The van der Waals surface area contributed by atoms with E-state index < -0.39 is 24.0 Å². The van der Waals surface area contributed by atoms with Gasteiger partial charge in [-0.3, -0.25) is 4.79 Å². The summed E-state index contributed by atoms with van der Waals surface area (Å²) in [7, 11) is 0. The number of carbonyl (C=O) groups is 3. The molecule has 218 valence electrons. The number of unbranched alkanes of at least 4 members (excludes halogenated alkanes) is 1. The van der Waals surface area contributed by atoms with Crippen LogP contribution in [0.1, 0.15) is 52.5 Å². The van der Waals surface area contributed by atoms with E-state index in [-0.39, 0.29) is 24.7 Å². The van der Waals surface area contributed by atoms with Crippen LogP contribution in [0.3, 0.4) is 0 Å². The van der Waals surface area contributed by atoms with Crippen molar-refractivity contribution in [3.05, 3.63) is 113 Å². The number of rotatable bonds is 14. The number of hydrogen-bond donors (Lipinski definition) is 3. The molecule has 0 spiro atoms. The van der Waals surface area contributed by atoms with E-state index in [0.717, 1.165) is 16.7 Å². The van der Waals surface area contributed by atoms with E-state index in [1.165, 1.54) is 0 Å². The van der Waals surface area contributed by atoms with E-state index in [9.17, 15) is 14.4 Å². The molecular formula is C31H33N5O6. The zero-order chi connectivity index (χ0) is 29.6. The predicted octanol–water partition coefficient (Wildman–Crippen LogP) is 4.56. The van der Waals surface area contributed by atoms with Crippen molar-refractivity contribution in [1.82, 2.24) is 20.8 Å². The SMILES string of the molecule is NCCCCC(NC(=O)OCc1ccccc1)C(=O)c1noc(Cc2cccc(OC(=O)NCc3ccccc3)c2)n1. The Morgan fingerprint density at radius 3 is 2.31 bits per heavy atom. The molecule has 11 nitrogen and oxygen atoms in total. The van der Waals surface area contributed by atoms with Crippen LogP contribution in [0.2, 0.25) is 0 Å². The summed E-state index contributed by atoms with van der Waals surface area (Å²) in [5, 5.41) is 9.17. The summed E-state index contributed by atoms with van der Waals surface area (Å²) in [5.74, 6) is -0.117. The highest BCUT2D eigenvalue weighted by atomic mass is 16.6. The number of amides is 2. The Hall–Kier alpha value is -5.03. The Labute approximate surface area is 243 Å². The van der Waals surface area contributed by atoms with Crippen molar-refractivity contribution < 1.29 is 28.4 Å². The van der Waals surface area contributed by atoms with E-state index in [1.807, 2.05) is 60.7 Å². The Morgan fingerprint density at radius 1 is 0.857 bits per heavy atom. The van der Waals surface area contributed by atoms with Gasteiger partial charge in [-0.1, -0.05) is 78.0 Å². The monoisotopic (exact) mass is 571 g/mol. The lowest BCUT2D eigenvalue weighted by atomic mass is 10.0. The van der Waals surface area contributed by atoms with Gasteiger partial charge in [0.1, 0.15) is 12.4 Å². The topological polar surface area (TPSA) is 159 Å². The van der Waals surface area contributed by atoms with Crippen molar-refractivity contribution in [1.29, 1.82) is 0 Å². The van der Waals surface area contributed by atoms with Crippen LogP contribution < -0.4 is 21.1 Å². The molecule has 1 atom stereocenters. The number of nitrogens with one attached hydrogen (secondary N) is 2. The summed E-state index contributed by atoms with van der Waals surface area (Å²) in [5.41, 5.74) is 8.10. The first-order chi connectivity index (χ1) is 20.5. The summed E-state index contributed by atoms with van der Waals surface area (Å²) >= 11 is 0. The van der Waals surface area contributed by atoms with Gasteiger partial charge in [0, 0.05) is 6.54 Å². The minimum absolute atomic E-state index is 0.0696. The van der Waals surface area contributed by atoms with Crippen LogP contribution in [-0.2, 0) is 24.3 Å². The molecule has 4 aromatic rings. The Balaban J connectivity index is 1.33. The van der Waals surface area contributed by atoms with Gasteiger partial charge in [-0.15, -0.1) is 0 Å². The molecule has 0 saturated heterocycles. The highest BCUT2D eigenvalue weighted by Crippen LogP contribution is 2.17. The van der Waals surface area contributed by atoms with Gasteiger partial charge in [0.2, 0.25) is 17.5 Å². The van der Waals surface area contributed by atoms with E-state index >= 15 is 0 Å². The highest BCUT2D eigenvalue weighted by Gasteiger charge is 2.27. The molecule has 4 rings (SSSR count). The molecule has 1 unspecified atom stereocenters. The van der Waals surface area contributed by atoms with Crippen LogP contribution in [0.15, 0.2) is 89.5 Å². The first kappa shape index (κ1) is 29.9. The summed E-state index contributed by atoms with van der Waals surface area (Å²) in [6.45, 7) is 0.869. The molecule has 2 amide bonds. The zero-order valence-corrected chi connectivity index (χ0v) is 23.0. The van der Waals surface area contributed by atoms with E-state index in [4.69, 9.17) is 19.7 Å². The third kappa shape index (κ3) is 9.56. The molecular weight excluding hydrogens is 538 g/mol. The van der Waals surface area contributed by atoms with Crippen LogP contribution in [-0.4, -0.2) is 40.7 Å². The number of carbonyl (C=O) groups excluding carboxylic acids is 3. The lowest BCUT2D eigenvalue weighted by Crippen LogP contribution is -2.41. The maximum Gasteiger partial charge on any atom is 0.412 e. The molecule has 0 aliphatic rings. The molecule has 0 radical (unpaired) electrons. The lowest BCUT2D eigenvalue weighted by molar-refractivity contribution is 0.0896. The van der Waals surface area contributed by atoms with E-state index in [1.54, 1.807) is 24.3 Å². The number of aromatic nitrogens is 2. The number of alkyl carbamates (subject to hydrolysis) is 1. The molecule has 11 heteroatoms. The average Bonchev–Trinajstić information content (AvgIpc) is 3.48. The normalized spacial score (nSPS) is 11.4. The van der Waals surface area contributed by atoms with Crippen molar-refractivity contribution in [3.63, 3.8) is 0 Å². The number of ether oxygens (including phenoxy) is 2. The maximum absolute atomic E-state index is 13.2. The molecule has 0 bridgehead atoms. The largest absolute Gasteiger partial charge is 0.445 e. The third-order valence-corrected chi connectivity index (χ3v) is 6.20. The minimum atomic E-state index is -0.906. The van der Waals surface area contributed by atoms with Crippen LogP contribution in [0, 0.1) is 0 Å². The molecule has 1 heterocycles. The van der Waals surface area contributed by atoms with E-state index in [2.05, 4.69) is 20.8 Å². The second-order valence-electron chi connectivity index (χ2n) is 9.47. The maximum atomic E-state index is 13.2. The number of nitrogens with two attached hydrogens (primary N) is 1. The first-order valence-corrected chi connectivity index (χ1v) is 13.6. The summed E-state index contributed by atoms with van der Waals surface area (Å²) in [6.07, 6.45) is 0.530. The second-order valence-corrected chi connectivity index (χ2v) is 9.47. The zero-order valence-electron chi connectivity index (χ0n) is 23.0. The molecule has 1 aromatic heterocycles. The molecule has 0 saturated carbocycles. The lowest BCUT2D eigenvalue weighted by Gasteiger charge is -2.16.